The quantitative estimate of drug-likeness (QED) is 0.278. The Morgan fingerprint density at radius 1 is 0.900 bits per heavy atom. The van der Waals surface area contributed by atoms with Crippen molar-refractivity contribution in [1.82, 2.24) is 5.43 Å². The number of benzene rings is 3. The molecule has 0 bridgehead atoms. The van der Waals surface area contributed by atoms with E-state index in [1.165, 1.54) is 6.21 Å². The van der Waals surface area contributed by atoms with E-state index < -0.39 is 5.91 Å². The zero-order chi connectivity index (χ0) is 20.5. The summed E-state index contributed by atoms with van der Waals surface area (Å²) >= 11 is 6.02. The Balaban J connectivity index is 1.32. The zero-order valence-electron chi connectivity index (χ0n) is 15.6. The fourth-order valence-electron chi connectivity index (χ4n) is 3.33. The summed E-state index contributed by atoms with van der Waals surface area (Å²) in [6, 6.07) is 24.5. The molecule has 30 heavy (non-hydrogen) atoms. The number of nitrogens with one attached hydrogen (secondary N) is 1. The third-order valence-corrected chi connectivity index (χ3v) is 4.98. The molecule has 146 valence electrons. The van der Waals surface area contributed by atoms with Gasteiger partial charge in [-0.1, -0.05) is 54.1 Å². The number of carbonyl (C=O) groups excluding carboxylic acids is 1. The van der Waals surface area contributed by atoms with E-state index in [0.29, 0.717) is 22.1 Å². The van der Waals surface area contributed by atoms with Crippen LogP contribution in [0.3, 0.4) is 0 Å². The van der Waals surface area contributed by atoms with E-state index in [-0.39, 0.29) is 5.76 Å². The molecule has 0 aliphatic carbocycles. The van der Waals surface area contributed by atoms with Gasteiger partial charge in [0.05, 0.1) is 6.21 Å². The summed E-state index contributed by atoms with van der Waals surface area (Å²) in [5.41, 5.74) is 3.98. The molecule has 0 aliphatic rings. The molecule has 0 aliphatic heterocycles. The summed E-state index contributed by atoms with van der Waals surface area (Å²) in [7, 11) is 0. The standard InChI is InChI=1S/C24H15ClN2O3/c25-17-6-3-5-16(12-17)21-11-9-18(29-21)14-26-27-24(28)23-13-20-19-7-2-1-4-15(19)8-10-22(20)30-23/h1-14H,(H,27,28). The summed E-state index contributed by atoms with van der Waals surface area (Å²) in [6.07, 6.45) is 1.43. The Bertz CT molecular complexity index is 1410. The van der Waals surface area contributed by atoms with Gasteiger partial charge in [-0.2, -0.15) is 5.10 Å². The first-order valence-electron chi connectivity index (χ1n) is 9.28. The van der Waals surface area contributed by atoms with Gasteiger partial charge in [0.15, 0.2) is 5.76 Å². The number of carbonyl (C=O) groups is 1. The van der Waals surface area contributed by atoms with Crippen LogP contribution in [0.15, 0.2) is 92.8 Å². The third kappa shape index (κ3) is 3.47. The van der Waals surface area contributed by atoms with E-state index in [9.17, 15) is 4.79 Å². The van der Waals surface area contributed by atoms with Crippen LogP contribution in [-0.2, 0) is 0 Å². The van der Waals surface area contributed by atoms with Crippen LogP contribution in [0.1, 0.15) is 16.3 Å². The molecule has 0 unspecified atom stereocenters. The Morgan fingerprint density at radius 3 is 2.70 bits per heavy atom. The average Bonchev–Trinajstić information content (AvgIpc) is 3.41. The van der Waals surface area contributed by atoms with Crippen LogP contribution >= 0.6 is 11.6 Å². The molecule has 5 rings (SSSR count). The van der Waals surface area contributed by atoms with Gasteiger partial charge in [-0.05, 0) is 47.2 Å². The predicted octanol–water partition coefficient (Wildman–Crippen LogP) is 6.26. The molecule has 5 nitrogen and oxygen atoms in total. The second-order valence-corrected chi connectivity index (χ2v) is 7.16. The maximum Gasteiger partial charge on any atom is 0.307 e. The van der Waals surface area contributed by atoms with Gasteiger partial charge in [0.25, 0.3) is 0 Å². The summed E-state index contributed by atoms with van der Waals surface area (Å²) in [5.74, 6) is 0.918. The van der Waals surface area contributed by atoms with Gasteiger partial charge >= 0.3 is 5.91 Å². The SMILES string of the molecule is O=C(NN=Cc1ccc(-c2cccc(Cl)c2)o1)c1cc2c(ccc3ccccc32)o1. The maximum absolute atomic E-state index is 12.4. The van der Waals surface area contributed by atoms with E-state index in [2.05, 4.69) is 10.5 Å². The van der Waals surface area contributed by atoms with Crippen molar-refractivity contribution in [1.29, 1.82) is 0 Å². The molecule has 1 N–H and O–H groups in total. The highest BCUT2D eigenvalue weighted by molar-refractivity contribution is 6.30. The average molecular weight is 415 g/mol. The zero-order valence-corrected chi connectivity index (χ0v) is 16.4. The first kappa shape index (κ1) is 18.2. The highest BCUT2D eigenvalue weighted by Crippen LogP contribution is 2.28. The minimum atomic E-state index is -0.437. The van der Waals surface area contributed by atoms with E-state index in [4.69, 9.17) is 20.4 Å². The van der Waals surface area contributed by atoms with Crippen LogP contribution in [0.4, 0.5) is 0 Å². The van der Waals surface area contributed by atoms with Crippen molar-refractivity contribution < 1.29 is 13.6 Å². The summed E-state index contributed by atoms with van der Waals surface area (Å²) in [6.45, 7) is 0. The smallest absolute Gasteiger partial charge is 0.307 e. The second-order valence-electron chi connectivity index (χ2n) is 6.72. The van der Waals surface area contributed by atoms with Crippen LogP contribution in [0, 0.1) is 0 Å². The summed E-state index contributed by atoms with van der Waals surface area (Å²) < 4.78 is 11.4. The lowest BCUT2D eigenvalue weighted by Crippen LogP contribution is -2.16. The molecule has 0 spiro atoms. The minimum Gasteiger partial charge on any atom is -0.455 e. The molecule has 0 fully saturated rings. The number of amides is 1. The van der Waals surface area contributed by atoms with Gasteiger partial charge in [0, 0.05) is 16.0 Å². The number of furan rings is 2. The van der Waals surface area contributed by atoms with Gasteiger partial charge < -0.3 is 8.83 Å². The highest BCUT2D eigenvalue weighted by Gasteiger charge is 2.13. The third-order valence-electron chi connectivity index (χ3n) is 4.74. The molecule has 0 saturated carbocycles. The number of nitrogens with zero attached hydrogens (tertiary/aromatic N) is 1. The van der Waals surface area contributed by atoms with Crippen LogP contribution < -0.4 is 5.43 Å². The largest absolute Gasteiger partial charge is 0.455 e. The van der Waals surface area contributed by atoms with Gasteiger partial charge in [0.1, 0.15) is 17.1 Å². The van der Waals surface area contributed by atoms with Crippen LogP contribution in [0.5, 0.6) is 0 Å². The number of hydrogen-bond acceptors (Lipinski definition) is 4. The van der Waals surface area contributed by atoms with Crippen LogP contribution in [0.25, 0.3) is 33.1 Å². The van der Waals surface area contributed by atoms with E-state index in [1.54, 1.807) is 18.2 Å². The lowest BCUT2D eigenvalue weighted by molar-refractivity contribution is 0.0929. The van der Waals surface area contributed by atoms with Crippen molar-refractivity contribution >= 4 is 45.5 Å². The predicted molar refractivity (Wildman–Crippen MR) is 118 cm³/mol. The van der Waals surface area contributed by atoms with Gasteiger partial charge in [-0.25, -0.2) is 5.43 Å². The van der Waals surface area contributed by atoms with Gasteiger partial charge in [0.2, 0.25) is 0 Å². The van der Waals surface area contributed by atoms with Gasteiger partial charge in [-0.3, -0.25) is 4.79 Å². The first-order chi connectivity index (χ1) is 14.7. The second kappa shape index (κ2) is 7.54. The molecule has 0 saturated heterocycles. The van der Waals surface area contributed by atoms with Crippen LogP contribution in [-0.4, -0.2) is 12.1 Å². The lowest BCUT2D eigenvalue weighted by Gasteiger charge is -1.97. The number of hydrogen-bond donors (Lipinski definition) is 1. The summed E-state index contributed by atoms with van der Waals surface area (Å²) in [5, 5.41) is 7.61. The number of rotatable bonds is 4. The summed E-state index contributed by atoms with van der Waals surface area (Å²) in [4.78, 5) is 12.4. The Kier molecular flexibility index (Phi) is 4.58. The molecular formula is C24H15ClN2O3. The highest BCUT2D eigenvalue weighted by atomic mass is 35.5. The molecule has 2 heterocycles. The molecule has 1 amide bonds. The molecule has 6 heteroatoms. The minimum absolute atomic E-state index is 0.192. The van der Waals surface area contributed by atoms with E-state index in [1.807, 2.05) is 60.7 Å². The molecule has 5 aromatic rings. The molecule has 3 aromatic carbocycles. The fourth-order valence-corrected chi connectivity index (χ4v) is 3.52. The van der Waals surface area contributed by atoms with Crippen molar-refractivity contribution in [3.8, 4) is 11.3 Å². The van der Waals surface area contributed by atoms with Crippen molar-refractivity contribution in [2.24, 2.45) is 5.10 Å². The van der Waals surface area contributed by atoms with Crippen molar-refractivity contribution in [3.63, 3.8) is 0 Å². The van der Waals surface area contributed by atoms with E-state index >= 15 is 0 Å². The topological polar surface area (TPSA) is 67.7 Å². The van der Waals surface area contributed by atoms with Crippen molar-refractivity contribution in [2.75, 3.05) is 0 Å². The molecule has 0 radical (unpaired) electrons. The molecule has 2 aromatic heterocycles. The lowest BCUT2D eigenvalue weighted by atomic mass is 10.1. The number of hydrazone groups is 1. The fraction of sp³-hybridized carbons (Fsp3) is 0. The maximum atomic E-state index is 12.4. The van der Waals surface area contributed by atoms with Crippen LogP contribution in [0.2, 0.25) is 5.02 Å². The first-order valence-corrected chi connectivity index (χ1v) is 9.66. The molecule has 0 atom stereocenters. The van der Waals surface area contributed by atoms with Crippen molar-refractivity contribution in [2.45, 2.75) is 0 Å². The molecular weight excluding hydrogens is 400 g/mol. The van der Waals surface area contributed by atoms with Crippen molar-refractivity contribution in [3.05, 3.63) is 95.4 Å². The number of halogens is 1. The Morgan fingerprint density at radius 2 is 1.80 bits per heavy atom. The normalized spacial score (nSPS) is 11.5. The van der Waals surface area contributed by atoms with E-state index in [0.717, 1.165) is 21.7 Å². The van der Waals surface area contributed by atoms with Gasteiger partial charge in [-0.15, -0.1) is 0 Å². The number of fused-ring (bicyclic) bond motifs is 3. The Hall–Kier alpha value is -3.83. The monoisotopic (exact) mass is 414 g/mol. The Labute approximate surface area is 176 Å².